The predicted molar refractivity (Wildman–Crippen MR) is 101 cm³/mol. The molecule has 0 spiro atoms. The molecule has 4 heteroatoms. The van der Waals surface area contributed by atoms with E-state index in [4.69, 9.17) is 0 Å². The molecule has 132 valence electrons. The zero-order valence-corrected chi connectivity index (χ0v) is 15.0. The summed E-state index contributed by atoms with van der Waals surface area (Å²) < 4.78 is 0. The van der Waals surface area contributed by atoms with Gasteiger partial charge < -0.3 is 10.6 Å². The third-order valence-corrected chi connectivity index (χ3v) is 5.40. The Bertz CT molecular complexity index is 508. The molecule has 1 heterocycles. The van der Waals surface area contributed by atoms with Crippen molar-refractivity contribution in [2.24, 2.45) is 4.99 Å². The molecule has 0 aromatic heterocycles. The van der Waals surface area contributed by atoms with Gasteiger partial charge in [-0.3, -0.25) is 9.89 Å². The van der Waals surface area contributed by atoms with E-state index in [0.717, 1.165) is 31.4 Å². The lowest BCUT2D eigenvalue weighted by molar-refractivity contribution is 0.242. The van der Waals surface area contributed by atoms with E-state index in [1.54, 1.807) is 0 Å². The van der Waals surface area contributed by atoms with Gasteiger partial charge in [0, 0.05) is 38.8 Å². The third kappa shape index (κ3) is 4.97. The van der Waals surface area contributed by atoms with Crippen LogP contribution in [0.2, 0.25) is 0 Å². The van der Waals surface area contributed by atoms with Gasteiger partial charge >= 0.3 is 0 Å². The molecule has 2 fully saturated rings. The molecule has 1 unspecified atom stereocenters. The quantitative estimate of drug-likeness (QED) is 0.479. The van der Waals surface area contributed by atoms with Crippen molar-refractivity contribution in [1.29, 1.82) is 0 Å². The van der Waals surface area contributed by atoms with Crippen LogP contribution in [0.4, 0.5) is 0 Å². The van der Waals surface area contributed by atoms with E-state index in [1.807, 2.05) is 7.05 Å². The van der Waals surface area contributed by atoms with Gasteiger partial charge in [0.1, 0.15) is 0 Å². The first-order valence-electron chi connectivity index (χ1n) is 9.60. The average molecular weight is 329 g/mol. The fraction of sp³-hybridized carbons (Fsp3) is 0.650. The second-order valence-corrected chi connectivity index (χ2v) is 7.15. The molecule has 3 rings (SSSR count). The first kappa shape index (κ1) is 17.3. The molecule has 1 saturated carbocycles. The molecule has 1 atom stereocenters. The minimum atomic E-state index is 0.547. The van der Waals surface area contributed by atoms with Crippen molar-refractivity contribution in [3.05, 3.63) is 35.9 Å². The third-order valence-electron chi connectivity index (χ3n) is 5.40. The van der Waals surface area contributed by atoms with Gasteiger partial charge in [-0.2, -0.15) is 0 Å². The summed E-state index contributed by atoms with van der Waals surface area (Å²) in [5.74, 6) is 0.960. The highest BCUT2D eigenvalue weighted by Gasteiger charge is 2.30. The molecule has 1 saturated heterocycles. The Morgan fingerprint density at radius 2 is 1.96 bits per heavy atom. The molecule has 1 aliphatic heterocycles. The largest absolute Gasteiger partial charge is 0.356 e. The van der Waals surface area contributed by atoms with Gasteiger partial charge in [-0.05, 0) is 37.7 Å². The lowest BCUT2D eigenvalue weighted by atomic mass is 10.1. The summed E-state index contributed by atoms with van der Waals surface area (Å²) in [6.07, 6.45) is 9.13. The highest BCUT2D eigenvalue weighted by Crippen LogP contribution is 2.26. The molecule has 2 aliphatic rings. The summed E-state index contributed by atoms with van der Waals surface area (Å²) in [4.78, 5) is 7.08. The normalized spacial score (nSPS) is 22.9. The number of nitrogens with one attached hydrogen (secondary N) is 2. The minimum Gasteiger partial charge on any atom is -0.356 e. The molecule has 4 nitrogen and oxygen atoms in total. The summed E-state index contributed by atoms with van der Waals surface area (Å²) >= 11 is 0. The first-order chi connectivity index (χ1) is 11.8. The second-order valence-electron chi connectivity index (χ2n) is 7.15. The summed E-state index contributed by atoms with van der Waals surface area (Å²) in [7, 11) is 1.87. The summed E-state index contributed by atoms with van der Waals surface area (Å²) in [6.45, 7) is 3.39. The van der Waals surface area contributed by atoms with Crippen LogP contribution in [0, 0.1) is 0 Å². The van der Waals surface area contributed by atoms with Crippen LogP contribution in [0.15, 0.2) is 35.3 Å². The maximum atomic E-state index is 4.39. The Kier molecular flexibility index (Phi) is 6.53. The molecule has 2 N–H and O–H groups in total. The van der Waals surface area contributed by atoms with Crippen molar-refractivity contribution < 1.29 is 0 Å². The maximum absolute atomic E-state index is 4.39. The Morgan fingerprint density at radius 1 is 1.17 bits per heavy atom. The number of nitrogens with zero attached hydrogens (tertiary/aromatic N) is 2. The first-order valence-corrected chi connectivity index (χ1v) is 9.60. The van der Waals surface area contributed by atoms with Crippen LogP contribution in [0.25, 0.3) is 0 Å². The van der Waals surface area contributed by atoms with E-state index < -0.39 is 0 Å². The monoisotopic (exact) mass is 328 g/mol. The van der Waals surface area contributed by atoms with Crippen LogP contribution in [0.1, 0.15) is 44.1 Å². The smallest absolute Gasteiger partial charge is 0.191 e. The van der Waals surface area contributed by atoms with Crippen LogP contribution >= 0.6 is 0 Å². The van der Waals surface area contributed by atoms with Crippen LogP contribution < -0.4 is 10.6 Å². The summed E-state index contributed by atoms with van der Waals surface area (Å²) in [6, 6.07) is 12.1. The van der Waals surface area contributed by atoms with Crippen LogP contribution in [-0.2, 0) is 6.42 Å². The van der Waals surface area contributed by atoms with Gasteiger partial charge in [-0.1, -0.05) is 43.2 Å². The van der Waals surface area contributed by atoms with E-state index in [0.29, 0.717) is 6.04 Å². The topological polar surface area (TPSA) is 39.7 Å². The van der Waals surface area contributed by atoms with Crippen molar-refractivity contribution in [2.75, 3.05) is 26.7 Å². The fourth-order valence-electron chi connectivity index (χ4n) is 4.04. The summed E-state index contributed by atoms with van der Waals surface area (Å²) in [5, 5.41) is 7.09. The zero-order chi connectivity index (χ0) is 16.6. The Balaban J connectivity index is 1.34. The maximum Gasteiger partial charge on any atom is 0.191 e. The van der Waals surface area contributed by atoms with Gasteiger partial charge in [0.15, 0.2) is 5.96 Å². The molecular weight excluding hydrogens is 296 g/mol. The van der Waals surface area contributed by atoms with E-state index in [2.05, 4.69) is 50.9 Å². The molecule has 1 aliphatic carbocycles. The molecule has 0 amide bonds. The summed E-state index contributed by atoms with van der Waals surface area (Å²) in [5.41, 5.74) is 1.41. The number of aryl methyl sites for hydroxylation is 1. The average Bonchev–Trinajstić information content (AvgIpc) is 3.30. The molecule has 0 radical (unpaired) electrons. The second kappa shape index (κ2) is 9.07. The van der Waals surface area contributed by atoms with Gasteiger partial charge in [-0.15, -0.1) is 0 Å². The number of hydrogen-bond donors (Lipinski definition) is 2. The van der Waals surface area contributed by atoms with Gasteiger partial charge in [-0.25, -0.2) is 0 Å². The van der Waals surface area contributed by atoms with Gasteiger partial charge in [0.05, 0.1) is 0 Å². The molecule has 1 aromatic rings. The van der Waals surface area contributed by atoms with E-state index in [-0.39, 0.29) is 0 Å². The number of likely N-dealkylation sites (tertiary alicyclic amines) is 1. The Morgan fingerprint density at radius 3 is 2.71 bits per heavy atom. The molecule has 24 heavy (non-hydrogen) atoms. The predicted octanol–water partition coefficient (Wildman–Crippen LogP) is 2.80. The van der Waals surface area contributed by atoms with Crippen molar-refractivity contribution in [1.82, 2.24) is 15.5 Å². The van der Waals surface area contributed by atoms with E-state index in [1.165, 1.54) is 50.8 Å². The van der Waals surface area contributed by atoms with Crippen molar-refractivity contribution in [3.63, 3.8) is 0 Å². The number of guanidine groups is 1. The highest BCUT2D eigenvalue weighted by atomic mass is 15.3. The van der Waals surface area contributed by atoms with Crippen LogP contribution in [0.3, 0.4) is 0 Å². The standard InChI is InChI=1S/C20H32N4/c1-21-20(22-14-7-10-17-8-3-2-4-9-17)23-18-13-15-24(16-18)19-11-5-6-12-19/h2-4,8-9,18-19H,5-7,10-16H2,1H3,(H2,21,22,23). The lowest BCUT2D eigenvalue weighted by Gasteiger charge is -2.24. The lowest BCUT2D eigenvalue weighted by Crippen LogP contribution is -2.45. The molecular formula is C20H32N4. The zero-order valence-electron chi connectivity index (χ0n) is 15.0. The van der Waals surface area contributed by atoms with E-state index in [9.17, 15) is 0 Å². The van der Waals surface area contributed by atoms with Crippen LogP contribution in [0.5, 0.6) is 0 Å². The molecule has 0 bridgehead atoms. The fourth-order valence-corrected chi connectivity index (χ4v) is 4.04. The van der Waals surface area contributed by atoms with E-state index >= 15 is 0 Å². The number of benzene rings is 1. The number of aliphatic imine (C=N–C) groups is 1. The number of hydrogen-bond acceptors (Lipinski definition) is 2. The highest BCUT2D eigenvalue weighted by molar-refractivity contribution is 5.80. The van der Waals surface area contributed by atoms with Crippen molar-refractivity contribution in [2.45, 2.75) is 57.0 Å². The number of rotatable bonds is 6. The van der Waals surface area contributed by atoms with Crippen molar-refractivity contribution in [3.8, 4) is 0 Å². The SMILES string of the molecule is CN=C(NCCCc1ccccc1)NC1CCN(C2CCCC2)C1. The Hall–Kier alpha value is -1.55. The molecule has 1 aromatic carbocycles. The van der Waals surface area contributed by atoms with Crippen molar-refractivity contribution >= 4 is 5.96 Å². The Labute approximate surface area is 146 Å². The van der Waals surface area contributed by atoms with Crippen LogP contribution in [-0.4, -0.2) is 49.6 Å². The minimum absolute atomic E-state index is 0.547. The van der Waals surface area contributed by atoms with Gasteiger partial charge in [0.2, 0.25) is 0 Å². The van der Waals surface area contributed by atoms with Gasteiger partial charge in [0.25, 0.3) is 0 Å².